The first-order valence-corrected chi connectivity index (χ1v) is 5.57. The monoisotopic (exact) mass is 259 g/mol. The van der Waals surface area contributed by atoms with Gasteiger partial charge in [-0.3, -0.25) is 9.59 Å². The fourth-order valence-electron chi connectivity index (χ4n) is 1.84. The number of carboxylic acid groups (broad SMARTS) is 1. The summed E-state index contributed by atoms with van der Waals surface area (Å²) in [5.41, 5.74) is 4.94. The second kappa shape index (κ2) is 6.20. The van der Waals surface area contributed by atoms with Gasteiger partial charge in [0, 0.05) is 6.54 Å². The number of nitrogens with one attached hydrogen (secondary N) is 1. The summed E-state index contributed by atoms with van der Waals surface area (Å²) < 4.78 is 5.15. The van der Waals surface area contributed by atoms with Crippen LogP contribution in [0.5, 0.6) is 0 Å². The van der Waals surface area contributed by atoms with Crippen LogP contribution >= 0.6 is 0 Å². The van der Waals surface area contributed by atoms with Crippen molar-refractivity contribution < 1.29 is 24.2 Å². The van der Waals surface area contributed by atoms with Crippen LogP contribution in [0.2, 0.25) is 0 Å². The van der Waals surface area contributed by atoms with Crippen molar-refractivity contribution in [1.82, 2.24) is 10.2 Å². The zero-order valence-corrected chi connectivity index (χ0v) is 10.1. The van der Waals surface area contributed by atoms with Gasteiger partial charge in [-0.25, -0.2) is 4.79 Å². The summed E-state index contributed by atoms with van der Waals surface area (Å²) in [5, 5.41) is 11.0. The molecule has 3 amide bonds. The standard InChI is InChI=1S/C10H17N3O5/c1-6(12-10(11)17)9(16)13-2-3-18-5-7(13)4-8(14)15/h6-7H,2-5H2,1H3,(H,14,15)(H3,11,12,17). The highest BCUT2D eigenvalue weighted by molar-refractivity contribution is 5.86. The van der Waals surface area contributed by atoms with Gasteiger partial charge in [0.25, 0.3) is 0 Å². The molecule has 0 bridgehead atoms. The number of morpholine rings is 1. The fraction of sp³-hybridized carbons (Fsp3) is 0.700. The zero-order valence-electron chi connectivity index (χ0n) is 10.1. The maximum atomic E-state index is 12.0. The van der Waals surface area contributed by atoms with E-state index in [-0.39, 0.29) is 18.9 Å². The van der Waals surface area contributed by atoms with Crippen LogP contribution in [0.25, 0.3) is 0 Å². The molecule has 0 aromatic carbocycles. The van der Waals surface area contributed by atoms with Crippen LogP contribution < -0.4 is 11.1 Å². The molecule has 1 fully saturated rings. The van der Waals surface area contributed by atoms with E-state index in [1.54, 1.807) is 0 Å². The number of primary amides is 1. The average molecular weight is 259 g/mol. The Morgan fingerprint density at radius 1 is 1.56 bits per heavy atom. The Labute approximate surface area is 104 Å². The van der Waals surface area contributed by atoms with E-state index < -0.39 is 24.1 Å². The summed E-state index contributed by atoms with van der Waals surface area (Å²) in [4.78, 5) is 34.8. The number of carbonyl (C=O) groups excluding carboxylic acids is 2. The van der Waals surface area contributed by atoms with E-state index >= 15 is 0 Å². The van der Waals surface area contributed by atoms with Crippen molar-refractivity contribution in [3.05, 3.63) is 0 Å². The Hall–Kier alpha value is -1.83. The second-order valence-corrected chi connectivity index (χ2v) is 4.09. The maximum absolute atomic E-state index is 12.0. The molecular weight excluding hydrogens is 242 g/mol. The van der Waals surface area contributed by atoms with Gasteiger partial charge in [-0.15, -0.1) is 0 Å². The smallest absolute Gasteiger partial charge is 0.312 e. The van der Waals surface area contributed by atoms with E-state index in [4.69, 9.17) is 15.6 Å². The molecule has 0 aromatic heterocycles. The molecule has 8 heteroatoms. The fourth-order valence-corrected chi connectivity index (χ4v) is 1.84. The van der Waals surface area contributed by atoms with E-state index in [0.717, 1.165) is 0 Å². The third kappa shape index (κ3) is 3.88. The highest BCUT2D eigenvalue weighted by Crippen LogP contribution is 2.12. The molecule has 0 aromatic rings. The van der Waals surface area contributed by atoms with E-state index in [0.29, 0.717) is 13.2 Å². The van der Waals surface area contributed by atoms with E-state index in [2.05, 4.69) is 5.32 Å². The quantitative estimate of drug-likeness (QED) is 0.582. The molecule has 2 atom stereocenters. The number of rotatable bonds is 4. The van der Waals surface area contributed by atoms with Crippen LogP contribution in [0.4, 0.5) is 4.79 Å². The van der Waals surface area contributed by atoms with Crippen molar-refractivity contribution in [1.29, 1.82) is 0 Å². The van der Waals surface area contributed by atoms with Gasteiger partial charge in [0.2, 0.25) is 5.91 Å². The molecule has 0 spiro atoms. The zero-order chi connectivity index (χ0) is 13.7. The number of carboxylic acids is 1. The Morgan fingerprint density at radius 3 is 2.78 bits per heavy atom. The summed E-state index contributed by atoms with van der Waals surface area (Å²) in [7, 11) is 0. The summed E-state index contributed by atoms with van der Waals surface area (Å²) in [6.45, 7) is 2.34. The number of nitrogens with two attached hydrogens (primary N) is 1. The molecule has 102 valence electrons. The topological polar surface area (TPSA) is 122 Å². The van der Waals surface area contributed by atoms with Crippen molar-refractivity contribution in [3.8, 4) is 0 Å². The van der Waals surface area contributed by atoms with E-state index in [1.165, 1.54) is 11.8 Å². The Morgan fingerprint density at radius 2 is 2.22 bits per heavy atom. The maximum Gasteiger partial charge on any atom is 0.312 e. The van der Waals surface area contributed by atoms with Crippen LogP contribution in [-0.4, -0.2) is 59.8 Å². The van der Waals surface area contributed by atoms with Gasteiger partial charge >= 0.3 is 12.0 Å². The van der Waals surface area contributed by atoms with Crippen molar-refractivity contribution in [2.75, 3.05) is 19.8 Å². The van der Waals surface area contributed by atoms with Gasteiger partial charge in [0.15, 0.2) is 0 Å². The molecule has 4 N–H and O–H groups in total. The van der Waals surface area contributed by atoms with Crippen molar-refractivity contribution in [3.63, 3.8) is 0 Å². The number of ether oxygens (including phenoxy) is 1. The Kier molecular flexibility index (Phi) is 4.90. The lowest BCUT2D eigenvalue weighted by atomic mass is 10.1. The van der Waals surface area contributed by atoms with Gasteiger partial charge in [0.05, 0.1) is 25.7 Å². The van der Waals surface area contributed by atoms with Gasteiger partial charge in [-0.1, -0.05) is 0 Å². The number of hydrogen-bond acceptors (Lipinski definition) is 4. The summed E-state index contributed by atoms with van der Waals surface area (Å²) >= 11 is 0. The molecule has 1 rings (SSSR count). The van der Waals surface area contributed by atoms with Crippen LogP contribution in [0, 0.1) is 0 Å². The Bertz CT molecular complexity index is 346. The highest BCUT2D eigenvalue weighted by atomic mass is 16.5. The highest BCUT2D eigenvalue weighted by Gasteiger charge is 2.31. The summed E-state index contributed by atoms with van der Waals surface area (Å²) in [5.74, 6) is -1.36. The molecule has 2 unspecified atom stereocenters. The molecular formula is C10H17N3O5. The average Bonchev–Trinajstić information content (AvgIpc) is 2.27. The SMILES string of the molecule is CC(NC(N)=O)C(=O)N1CCOCC1CC(=O)O. The van der Waals surface area contributed by atoms with E-state index in [1.807, 2.05) is 0 Å². The van der Waals surface area contributed by atoms with Gasteiger partial charge < -0.3 is 25.8 Å². The minimum Gasteiger partial charge on any atom is -0.481 e. The molecule has 1 aliphatic heterocycles. The molecule has 0 saturated carbocycles. The third-order valence-corrected chi connectivity index (χ3v) is 2.65. The molecule has 8 nitrogen and oxygen atoms in total. The molecule has 1 heterocycles. The van der Waals surface area contributed by atoms with Crippen LogP contribution in [-0.2, 0) is 14.3 Å². The van der Waals surface area contributed by atoms with Gasteiger partial charge in [-0.05, 0) is 6.92 Å². The molecule has 1 aliphatic rings. The van der Waals surface area contributed by atoms with Crippen LogP contribution in [0.1, 0.15) is 13.3 Å². The number of carbonyl (C=O) groups is 3. The van der Waals surface area contributed by atoms with Gasteiger partial charge in [-0.2, -0.15) is 0 Å². The predicted molar refractivity (Wildman–Crippen MR) is 60.8 cm³/mol. The first-order chi connectivity index (χ1) is 8.41. The van der Waals surface area contributed by atoms with Crippen molar-refractivity contribution in [2.45, 2.75) is 25.4 Å². The van der Waals surface area contributed by atoms with E-state index in [9.17, 15) is 14.4 Å². The molecule has 18 heavy (non-hydrogen) atoms. The predicted octanol–water partition coefficient (Wildman–Crippen LogP) is -1.25. The largest absolute Gasteiger partial charge is 0.481 e. The van der Waals surface area contributed by atoms with Crippen molar-refractivity contribution >= 4 is 17.9 Å². The van der Waals surface area contributed by atoms with Crippen LogP contribution in [0.15, 0.2) is 0 Å². The summed E-state index contributed by atoms with van der Waals surface area (Å²) in [6, 6.07) is -2.09. The number of amides is 3. The van der Waals surface area contributed by atoms with Crippen molar-refractivity contribution in [2.24, 2.45) is 5.73 Å². The lowest BCUT2D eigenvalue weighted by Gasteiger charge is -2.36. The minimum atomic E-state index is -1.00. The molecule has 0 radical (unpaired) electrons. The number of hydrogen-bond donors (Lipinski definition) is 3. The molecule has 0 aliphatic carbocycles. The first-order valence-electron chi connectivity index (χ1n) is 5.57. The lowest BCUT2D eigenvalue weighted by molar-refractivity contribution is -0.147. The number of aliphatic carboxylic acids is 1. The third-order valence-electron chi connectivity index (χ3n) is 2.65. The normalized spacial score (nSPS) is 21.2. The second-order valence-electron chi connectivity index (χ2n) is 4.09. The molecule has 1 saturated heterocycles. The first kappa shape index (κ1) is 14.2. The van der Waals surface area contributed by atoms with Gasteiger partial charge in [0.1, 0.15) is 6.04 Å². The van der Waals surface area contributed by atoms with Crippen LogP contribution in [0.3, 0.4) is 0 Å². The number of urea groups is 1. The lowest BCUT2D eigenvalue weighted by Crippen LogP contribution is -2.56. The minimum absolute atomic E-state index is 0.182. The summed E-state index contributed by atoms with van der Waals surface area (Å²) in [6.07, 6.45) is -0.185. The Balaban J connectivity index is 2.67. The number of nitrogens with zero attached hydrogens (tertiary/aromatic N) is 1.